The molecule has 0 bridgehead atoms. The van der Waals surface area contributed by atoms with Gasteiger partial charge in [0.1, 0.15) is 19.1 Å². The molecule has 3 atom stereocenters. The van der Waals surface area contributed by atoms with Crippen LogP contribution < -0.4 is 11.2 Å². The predicted molar refractivity (Wildman–Crippen MR) is 117 cm³/mol. The van der Waals surface area contributed by atoms with E-state index < -0.39 is 34.6 Å². The third-order valence-electron chi connectivity index (χ3n) is 5.28. The molecule has 0 unspecified atom stereocenters. The summed E-state index contributed by atoms with van der Waals surface area (Å²) in [6.07, 6.45) is -0.562. The van der Waals surface area contributed by atoms with Crippen molar-refractivity contribution < 1.29 is 24.2 Å². The highest BCUT2D eigenvalue weighted by Crippen LogP contribution is 2.28. The van der Waals surface area contributed by atoms with Crippen LogP contribution in [0.25, 0.3) is 10.4 Å². The van der Waals surface area contributed by atoms with E-state index in [0.29, 0.717) is 16.7 Å². The van der Waals surface area contributed by atoms with Crippen LogP contribution in [0.5, 0.6) is 0 Å². The van der Waals surface area contributed by atoms with Crippen LogP contribution in [0.2, 0.25) is 0 Å². The Hall–Kier alpha value is -3.55. The van der Waals surface area contributed by atoms with Crippen molar-refractivity contribution >= 4 is 5.69 Å². The molecule has 34 heavy (non-hydrogen) atoms. The van der Waals surface area contributed by atoms with Gasteiger partial charge in [-0.05, 0) is 24.1 Å². The lowest BCUT2D eigenvalue weighted by molar-refractivity contribution is -0.385. The monoisotopic (exact) mass is 476 g/mol. The smallest absolute Gasteiger partial charge is 0.330 e. The van der Waals surface area contributed by atoms with E-state index in [9.17, 15) is 24.8 Å². The van der Waals surface area contributed by atoms with Crippen LogP contribution in [0, 0.1) is 17.0 Å². The number of aliphatic hydroxyl groups is 1. The first-order valence-electron chi connectivity index (χ1n) is 10.4. The molecule has 2 heterocycles. The van der Waals surface area contributed by atoms with E-state index in [-0.39, 0.29) is 45.1 Å². The quantitative estimate of drug-likeness (QED) is 0.0924. The Morgan fingerprint density at radius 1 is 1.41 bits per heavy atom. The molecular weight excluding hydrogens is 452 g/mol. The van der Waals surface area contributed by atoms with Crippen LogP contribution in [0.15, 0.2) is 39.1 Å². The summed E-state index contributed by atoms with van der Waals surface area (Å²) in [6, 6.07) is 4.49. The highest BCUT2D eigenvalue weighted by atomic mass is 16.7. The Balaban J connectivity index is 1.46. The third-order valence-corrected chi connectivity index (χ3v) is 5.28. The zero-order valence-corrected chi connectivity index (χ0v) is 18.3. The maximum atomic E-state index is 12.0. The maximum Gasteiger partial charge on any atom is 0.330 e. The lowest BCUT2D eigenvalue weighted by Crippen LogP contribution is -2.33. The van der Waals surface area contributed by atoms with E-state index in [1.807, 2.05) is 0 Å². The molecule has 1 aliphatic rings. The first kappa shape index (κ1) is 25.1. The second-order valence-electron chi connectivity index (χ2n) is 7.67. The summed E-state index contributed by atoms with van der Waals surface area (Å²) in [5.41, 5.74) is 8.68. The van der Waals surface area contributed by atoms with E-state index in [2.05, 4.69) is 15.0 Å². The molecule has 1 fully saturated rings. The average Bonchev–Trinajstić information content (AvgIpc) is 3.17. The van der Waals surface area contributed by atoms with Gasteiger partial charge in [0.05, 0.1) is 30.8 Å². The van der Waals surface area contributed by atoms with Crippen molar-refractivity contribution in [2.75, 3.05) is 20.0 Å². The molecule has 14 heteroatoms. The number of H-pyrrole nitrogens is 1. The number of rotatable bonds is 11. The molecule has 1 aliphatic heterocycles. The fraction of sp³-hybridized carbons (Fsp3) is 0.500. The Kier molecular flexibility index (Phi) is 8.51. The number of nitrogens with zero attached hydrogens (tertiary/aromatic N) is 5. The van der Waals surface area contributed by atoms with Gasteiger partial charge in [0.15, 0.2) is 0 Å². The van der Waals surface area contributed by atoms with Gasteiger partial charge in [0.2, 0.25) is 0 Å². The summed E-state index contributed by atoms with van der Waals surface area (Å²) in [5, 5.41) is 24.9. The number of aromatic amines is 1. The van der Waals surface area contributed by atoms with Crippen molar-refractivity contribution in [3.8, 4) is 0 Å². The molecule has 3 rings (SSSR count). The third kappa shape index (κ3) is 6.27. The normalized spacial score (nSPS) is 19.6. The maximum absolute atomic E-state index is 12.0. The fourth-order valence-corrected chi connectivity index (χ4v) is 3.53. The van der Waals surface area contributed by atoms with Crippen LogP contribution in [0.4, 0.5) is 5.69 Å². The molecule has 0 radical (unpaired) electrons. The van der Waals surface area contributed by atoms with Crippen molar-refractivity contribution in [2.24, 2.45) is 5.11 Å². The molecule has 182 valence electrons. The molecular formula is C20H24N6O8. The number of nitro benzene ring substituents is 1. The highest BCUT2D eigenvalue weighted by molar-refractivity contribution is 5.43. The minimum Gasteiger partial charge on any atom is -0.390 e. The van der Waals surface area contributed by atoms with Crippen molar-refractivity contribution in [1.82, 2.24) is 9.55 Å². The summed E-state index contributed by atoms with van der Waals surface area (Å²) in [7, 11) is 0. The number of aryl methyl sites for hydroxylation is 1. The number of aromatic nitrogens is 2. The molecule has 1 aromatic heterocycles. The van der Waals surface area contributed by atoms with Gasteiger partial charge in [-0.2, -0.15) is 0 Å². The van der Waals surface area contributed by atoms with Gasteiger partial charge in [-0.15, -0.1) is 0 Å². The number of azide groups is 1. The summed E-state index contributed by atoms with van der Waals surface area (Å²) in [4.78, 5) is 39.1. The van der Waals surface area contributed by atoms with E-state index in [0.717, 1.165) is 0 Å². The molecule has 0 saturated carbocycles. The largest absolute Gasteiger partial charge is 0.390 e. The first-order chi connectivity index (χ1) is 16.3. The summed E-state index contributed by atoms with van der Waals surface area (Å²) < 4.78 is 17.7. The number of ether oxygens (including phenoxy) is 3. The molecule has 2 aromatic rings. The Morgan fingerprint density at radius 3 is 2.94 bits per heavy atom. The lowest BCUT2D eigenvalue weighted by atomic mass is 10.1. The van der Waals surface area contributed by atoms with Gasteiger partial charge < -0.3 is 19.3 Å². The average molecular weight is 476 g/mol. The van der Waals surface area contributed by atoms with Gasteiger partial charge in [0.25, 0.3) is 11.2 Å². The van der Waals surface area contributed by atoms with Crippen LogP contribution in [-0.4, -0.2) is 51.8 Å². The second-order valence-corrected chi connectivity index (χ2v) is 7.67. The Labute approximate surface area is 192 Å². The first-order valence-corrected chi connectivity index (χ1v) is 10.4. The zero-order valence-electron chi connectivity index (χ0n) is 18.3. The minimum atomic E-state index is -0.884. The number of nitro groups is 1. The van der Waals surface area contributed by atoms with E-state index >= 15 is 0 Å². The fourth-order valence-electron chi connectivity index (χ4n) is 3.53. The van der Waals surface area contributed by atoms with Gasteiger partial charge in [-0.25, -0.2) is 4.79 Å². The molecule has 0 aliphatic carbocycles. The summed E-state index contributed by atoms with van der Waals surface area (Å²) >= 11 is 0. The molecule has 0 spiro atoms. The van der Waals surface area contributed by atoms with Gasteiger partial charge >= 0.3 is 5.69 Å². The van der Waals surface area contributed by atoms with E-state index in [4.69, 9.17) is 19.7 Å². The Morgan fingerprint density at radius 2 is 2.21 bits per heavy atom. The molecule has 1 aromatic carbocycles. The van der Waals surface area contributed by atoms with E-state index in [1.54, 1.807) is 13.0 Å². The molecule has 0 amide bonds. The molecule has 2 N–H and O–H groups in total. The zero-order chi connectivity index (χ0) is 24.7. The van der Waals surface area contributed by atoms with Gasteiger partial charge in [0, 0.05) is 41.1 Å². The number of nitrogens with one attached hydrogen (secondary N) is 1. The topological polar surface area (TPSA) is 195 Å². The van der Waals surface area contributed by atoms with Crippen molar-refractivity contribution in [3.05, 3.63) is 82.5 Å². The Bertz CT molecular complexity index is 1190. The van der Waals surface area contributed by atoms with Crippen LogP contribution in [-0.2, 0) is 27.2 Å². The summed E-state index contributed by atoms with van der Waals surface area (Å²) in [5.74, 6) is 0. The SMILES string of the molecule is Cc1cn([C@H]2C[C@H](O)[C@@H](COCOCCc3cc(CN=[N+]=[N-])ccc3[N+](=O)[O-])O2)c(=O)[nH]c1=O. The standard InChI is InChI=1S/C20H24N6O8/c1-12-9-25(20(29)23-19(12)28)18-7-16(27)17(34-18)10-33-11-32-5-4-14-6-13(8-22-24-21)2-3-15(14)26(30)31/h2-3,6,9,16-18,27H,4-5,7-8,10-11H2,1H3,(H,23,28,29)/t16-,17+,18+/m0/s1. The second kappa shape index (κ2) is 11.5. The van der Waals surface area contributed by atoms with Crippen molar-refractivity contribution in [1.29, 1.82) is 0 Å². The predicted octanol–water partition coefficient (Wildman–Crippen LogP) is 1.45. The van der Waals surface area contributed by atoms with Crippen LogP contribution in [0.1, 0.15) is 29.3 Å². The highest BCUT2D eigenvalue weighted by Gasteiger charge is 2.35. The number of hydrogen-bond acceptors (Lipinski definition) is 9. The number of aliphatic hydroxyl groups excluding tert-OH is 1. The minimum absolute atomic E-state index is 0.00342. The van der Waals surface area contributed by atoms with Gasteiger partial charge in [-0.1, -0.05) is 11.2 Å². The lowest BCUT2D eigenvalue weighted by Gasteiger charge is -2.16. The summed E-state index contributed by atoms with van der Waals surface area (Å²) in [6.45, 7) is 1.64. The van der Waals surface area contributed by atoms with Crippen molar-refractivity contribution in [2.45, 2.75) is 44.7 Å². The van der Waals surface area contributed by atoms with E-state index in [1.165, 1.54) is 22.9 Å². The van der Waals surface area contributed by atoms with Gasteiger partial charge in [-0.3, -0.25) is 24.5 Å². The van der Waals surface area contributed by atoms with Crippen LogP contribution >= 0.6 is 0 Å². The molecule has 14 nitrogen and oxygen atoms in total. The number of hydrogen-bond donors (Lipinski definition) is 2. The van der Waals surface area contributed by atoms with Crippen LogP contribution in [0.3, 0.4) is 0 Å². The molecule has 1 saturated heterocycles. The number of benzene rings is 1. The van der Waals surface area contributed by atoms with Crippen molar-refractivity contribution in [3.63, 3.8) is 0 Å².